The van der Waals surface area contributed by atoms with Crippen LogP contribution in [0.3, 0.4) is 0 Å². The summed E-state index contributed by atoms with van der Waals surface area (Å²) in [5.74, 6) is 1.31. The van der Waals surface area contributed by atoms with E-state index in [0.29, 0.717) is 5.92 Å². The van der Waals surface area contributed by atoms with Gasteiger partial charge in [-0.2, -0.15) is 0 Å². The molecule has 17 heavy (non-hydrogen) atoms. The molecule has 0 aromatic carbocycles. The molecule has 3 nitrogen and oxygen atoms in total. The van der Waals surface area contributed by atoms with Gasteiger partial charge in [0, 0.05) is 17.6 Å². The van der Waals surface area contributed by atoms with Gasteiger partial charge in [0.25, 0.3) is 0 Å². The van der Waals surface area contributed by atoms with Gasteiger partial charge >= 0.3 is 0 Å². The number of rotatable bonds is 0. The minimum absolute atomic E-state index is 0.574. The van der Waals surface area contributed by atoms with Crippen LogP contribution >= 0.6 is 0 Å². The van der Waals surface area contributed by atoms with Crippen molar-refractivity contribution in [2.24, 2.45) is 5.92 Å². The average Bonchev–Trinajstić information content (AvgIpc) is 2.56. The van der Waals surface area contributed by atoms with E-state index in [9.17, 15) is 0 Å². The van der Waals surface area contributed by atoms with Gasteiger partial charge in [0.1, 0.15) is 5.65 Å². The summed E-state index contributed by atoms with van der Waals surface area (Å²) < 4.78 is 2.20. The van der Waals surface area contributed by atoms with Crippen LogP contribution in [0, 0.1) is 12.8 Å². The number of nitrogens with zero attached hydrogens (tertiary/aromatic N) is 2. The summed E-state index contributed by atoms with van der Waals surface area (Å²) in [5.41, 5.74) is 11.6. The van der Waals surface area contributed by atoms with Crippen molar-refractivity contribution in [3.05, 3.63) is 29.2 Å². The maximum Gasteiger partial charge on any atom is 0.140 e. The number of aryl methyl sites for hydroxylation is 1. The van der Waals surface area contributed by atoms with Crippen molar-refractivity contribution >= 4 is 11.3 Å². The minimum Gasteiger partial charge on any atom is -0.398 e. The van der Waals surface area contributed by atoms with E-state index in [1.807, 2.05) is 12.3 Å². The molecular weight excluding hydrogens is 210 g/mol. The fraction of sp³-hybridized carbons (Fsp3) is 0.500. The van der Waals surface area contributed by atoms with Crippen LogP contribution in [0.5, 0.6) is 0 Å². The van der Waals surface area contributed by atoms with Crippen LogP contribution in [-0.2, 0) is 6.42 Å². The summed E-state index contributed by atoms with van der Waals surface area (Å²) in [6, 6.07) is 2.00. The highest BCUT2D eigenvalue weighted by molar-refractivity contribution is 5.57. The number of nitrogen functional groups attached to an aromatic ring is 1. The van der Waals surface area contributed by atoms with Crippen molar-refractivity contribution in [1.82, 2.24) is 9.38 Å². The van der Waals surface area contributed by atoms with Crippen molar-refractivity contribution in [2.45, 2.75) is 39.5 Å². The van der Waals surface area contributed by atoms with Crippen LogP contribution in [-0.4, -0.2) is 9.38 Å². The van der Waals surface area contributed by atoms with Gasteiger partial charge in [-0.3, -0.25) is 0 Å². The molecule has 0 fully saturated rings. The molecule has 0 spiro atoms. The molecule has 2 aromatic heterocycles. The molecule has 3 heteroatoms. The summed E-state index contributed by atoms with van der Waals surface area (Å²) in [5, 5.41) is 0. The maximum atomic E-state index is 5.94. The summed E-state index contributed by atoms with van der Waals surface area (Å²) in [4.78, 5) is 4.80. The predicted molar refractivity (Wildman–Crippen MR) is 70.2 cm³/mol. The fourth-order valence-electron chi connectivity index (χ4n) is 3.20. The van der Waals surface area contributed by atoms with Gasteiger partial charge in [-0.05, 0) is 43.2 Å². The predicted octanol–water partition coefficient (Wildman–Crippen LogP) is 2.91. The molecule has 0 saturated heterocycles. The normalized spacial score (nSPS) is 23.9. The number of hydrogen-bond donors (Lipinski definition) is 1. The Morgan fingerprint density at radius 1 is 1.41 bits per heavy atom. The Balaban J connectivity index is 2.32. The molecule has 0 bridgehead atoms. The zero-order chi connectivity index (χ0) is 12.2. The topological polar surface area (TPSA) is 43.3 Å². The molecular formula is C14H19N3. The lowest BCUT2D eigenvalue weighted by atomic mass is 9.84. The maximum absolute atomic E-state index is 5.94. The zero-order valence-corrected chi connectivity index (χ0v) is 10.7. The Labute approximate surface area is 102 Å². The van der Waals surface area contributed by atoms with Gasteiger partial charge in [0.15, 0.2) is 0 Å². The molecule has 2 unspecified atom stereocenters. The second kappa shape index (κ2) is 3.49. The molecule has 1 aliphatic rings. The van der Waals surface area contributed by atoms with E-state index in [-0.39, 0.29) is 0 Å². The zero-order valence-electron chi connectivity index (χ0n) is 10.7. The summed E-state index contributed by atoms with van der Waals surface area (Å²) in [7, 11) is 0. The lowest BCUT2D eigenvalue weighted by Crippen LogP contribution is -2.15. The molecule has 0 amide bonds. The number of nitrogens with two attached hydrogens (primary N) is 1. The van der Waals surface area contributed by atoms with E-state index in [0.717, 1.165) is 23.7 Å². The Hall–Kier alpha value is -1.51. The van der Waals surface area contributed by atoms with Crippen molar-refractivity contribution in [3.8, 4) is 0 Å². The number of hydrogen-bond acceptors (Lipinski definition) is 2. The first-order chi connectivity index (χ1) is 8.06. The van der Waals surface area contributed by atoms with E-state index in [1.54, 1.807) is 0 Å². The summed E-state index contributed by atoms with van der Waals surface area (Å²) in [6.45, 7) is 6.68. The highest BCUT2D eigenvalue weighted by Gasteiger charge is 2.26. The molecule has 0 saturated carbocycles. The summed E-state index contributed by atoms with van der Waals surface area (Å²) >= 11 is 0. The third-order valence-corrected chi connectivity index (χ3v) is 3.80. The van der Waals surface area contributed by atoms with E-state index in [1.165, 1.54) is 23.4 Å². The molecule has 3 rings (SSSR count). The Bertz CT molecular complexity index is 583. The van der Waals surface area contributed by atoms with E-state index in [2.05, 4.69) is 25.2 Å². The molecule has 1 aliphatic carbocycles. The van der Waals surface area contributed by atoms with Gasteiger partial charge in [-0.15, -0.1) is 0 Å². The number of aromatic nitrogens is 2. The molecule has 90 valence electrons. The molecule has 0 aliphatic heterocycles. The third kappa shape index (κ3) is 1.53. The highest BCUT2D eigenvalue weighted by atomic mass is 15.0. The number of pyridine rings is 1. The van der Waals surface area contributed by atoms with Gasteiger partial charge in [0.05, 0.1) is 5.69 Å². The first kappa shape index (κ1) is 10.6. The quantitative estimate of drug-likeness (QED) is 0.754. The smallest absolute Gasteiger partial charge is 0.140 e. The second-order valence-electron chi connectivity index (χ2n) is 5.54. The van der Waals surface area contributed by atoms with Crippen molar-refractivity contribution in [1.29, 1.82) is 0 Å². The van der Waals surface area contributed by atoms with Crippen LogP contribution in [0.25, 0.3) is 5.65 Å². The molecule has 2 N–H and O–H groups in total. The van der Waals surface area contributed by atoms with Crippen molar-refractivity contribution < 1.29 is 0 Å². The SMILES string of the molecule is Cc1cc(N)cn2c3c(nc12)CC(C)CC3C. The standard InChI is InChI=1S/C14H19N3/c1-8-4-9(2)13-12(5-8)16-14-10(3)6-11(15)7-17(13)14/h6-9H,4-5,15H2,1-3H3. The number of imidazole rings is 1. The average molecular weight is 229 g/mol. The van der Waals surface area contributed by atoms with Gasteiger partial charge in [-0.25, -0.2) is 4.98 Å². The molecule has 2 aromatic rings. The van der Waals surface area contributed by atoms with Crippen molar-refractivity contribution in [2.75, 3.05) is 5.73 Å². The molecule has 2 heterocycles. The first-order valence-corrected chi connectivity index (χ1v) is 6.33. The lowest BCUT2D eigenvalue weighted by molar-refractivity contribution is 0.437. The molecule has 0 radical (unpaired) electrons. The van der Waals surface area contributed by atoms with Gasteiger partial charge in [0.2, 0.25) is 0 Å². The Morgan fingerprint density at radius 3 is 2.94 bits per heavy atom. The van der Waals surface area contributed by atoms with Crippen LogP contribution in [0.15, 0.2) is 12.3 Å². The highest BCUT2D eigenvalue weighted by Crippen LogP contribution is 2.35. The van der Waals surface area contributed by atoms with E-state index < -0.39 is 0 Å². The second-order valence-corrected chi connectivity index (χ2v) is 5.54. The number of fused-ring (bicyclic) bond motifs is 3. The lowest BCUT2D eigenvalue weighted by Gasteiger charge is -2.23. The van der Waals surface area contributed by atoms with Crippen molar-refractivity contribution in [3.63, 3.8) is 0 Å². The summed E-state index contributed by atoms with van der Waals surface area (Å²) in [6.07, 6.45) is 4.36. The van der Waals surface area contributed by atoms with E-state index >= 15 is 0 Å². The monoisotopic (exact) mass is 229 g/mol. The van der Waals surface area contributed by atoms with E-state index in [4.69, 9.17) is 10.7 Å². The van der Waals surface area contributed by atoms with Gasteiger partial charge in [-0.1, -0.05) is 13.8 Å². The van der Waals surface area contributed by atoms with Crippen LogP contribution in [0.4, 0.5) is 5.69 Å². The molecule has 2 atom stereocenters. The Morgan fingerprint density at radius 2 is 2.18 bits per heavy atom. The van der Waals surface area contributed by atoms with Gasteiger partial charge < -0.3 is 10.1 Å². The van der Waals surface area contributed by atoms with Crippen LogP contribution in [0.1, 0.15) is 43.1 Å². The van der Waals surface area contributed by atoms with Crippen LogP contribution < -0.4 is 5.73 Å². The Kier molecular flexibility index (Phi) is 2.18. The fourth-order valence-corrected chi connectivity index (χ4v) is 3.20. The largest absolute Gasteiger partial charge is 0.398 e. The van der Waals surface area contributed by atoms with Crippen LogP contribution in [0.2, 0.25) is 0 Å². The first-order valence-electron chi connectivity index (χ1n) is 6.33. The minimum atomic E-state index is 0.574. The number of anilines is 1. The third-order valence-electron chi connectivity index (χ3n) is 3.80.